The molecule has 5 nitrogen and oxygen atoms in total. The van der Waals surface area contributed by atoms with Crippen LogP contribution in [0.2, 0.25) is 0 Å². The van der Waals surface area contributed by atoms with Crippen molar-refractivity contribution < 1.29 is 24.0 Å². The highest BCUT2D eigenvalue weighted by Crippen LogP contribution is 2.33. The van der Waals surface area contributed by atoms with Gasteiger partial charge in [0, 0.05) is 20.0 Å². The third-order valence-corrected chi connectivity index (χ3v) is 3.53. The molecule has 1 rings (SSSR count). The van der Waals surface area contributed by atoms with Crippen LogP contribution in [0.4, 0.5) is 0 Å². The van der Waals surface area contributed by atoms with Gasteiger partial charge in [0.1, 0.15) is 11.7 Å². The average Bonchev–Trinajstić information content (AvgIpc) is 2.39. The molecule has 2 unspecified atom stereocenters. The second-order valence-electron chi connectivity index (χ2n) is 6.70. The van der Waals surface area contributed by atoms with Gasteiger partial charge in [-0.3, -0.25) is 4.79 Å². The van der Waals surface area contributed by atoms with E-state index in [0.29, 0.717) is 0 Å². The van der Waals surface area contributed by atoms with Crippen LogP contribution in [0.15, 0.2) is 0 Å². The lowest BCUT2D eigenvalue weighted by Crippen LogP contribution is -2.42. The zero-order chi connectivity index (χ0) is 15.9. The molecule has 0 saturated carbocycles. The van der Waals surface area contributed by atoms with Crippen LogP contribution in [0.25, 0.3) is 0 Å². The standard InChI is InChI=1S/C16H30O5/c1-6-7-8-10-16(18-5)11-9-13(20-21-16)12-14(17)19-15(2,3)4/h13H,6-12H2,1-5H3. The van der Waals surface area contributed by atoms with Crippen LogP contribution < -0.4 is 0 Å². The summed E-state index contributed by atoms with van der Waals surface area (Å²) in [5.74, 6) is -0.911. The molecule has 0 aromatic carbocycles. The predicted molar refractivity (Wildman–Crippen MR) is 79.5 cm³/mol. The van der Waals surface area contributed by atoms with Gasteiger partial charge < -0.3 is 9.47 Å². The minimum absolute atomic E-state index is 0.214. The minimum Gasteiger partial charge on any atom is -0.460 e. The van der Waals surface area contributed by atoms with Crippen LogP contribution in [-0.2, 0) is 24.0 Å². The quantitative estimate of drug-likeness (QED) is 0.407. The Kier molecular flexibility index (Phi) is 7.10. The van der Waals surface area contributed by atoms with E-state index >= 15 is 0 Å². The van der Waals surface area contributed by atoms with Crippen LogP contribution >= 0.6 is 0 Å². The molecule has 0 radical (unpaired) electrons. The number of esters is 1. The summed E-state index contributed by atoms with van der Waals surface area (Å²) in [6, 6.07) is 0. The highest BCUT2D eigenvalue weighted by atomic mass is 17.2. The van der Waals surface area contributed by atoms with Gasteiger partial charge in [0.05, 0.1) is 6.42 Å². The number of unbranched alkanes of at least 4 members (excludes halogenated alkanes) is 2. The highest BCUT2D eigenvalue weighted by Gasteiger charge is 2.38. The van der Waals surface area contributed by atoms with Crippen molar-refractivity contribution in [2.45, 2.75) is 90.1 Å². The van der Waals surface area contributed by atoms with Crippen molar-refractivity contribution in [3.8, 4) is 0 Å². The fourth-order valence-electron chi connectivity index (χ4n) is 2.38. The monoisotopic (exact) mass is 302 g/mol. The van der Waals surface area contributed by atoms with Gasteiger partial charge in [0.15, 0.2) is 0 Å². The minimum atomic E-state index is -0.653. The van der Waals surface area contributed by atoms with Crippen molar-refractivity contribution in [1.82, 2.24) is 0 Å². The molecule has 0 aromatic rings. The zero-order valence-corrected chi connectivity index (χ0v) is 14.1. The largest absolute Gasteiger partial charge is 0.460 e. The Morgan fingerprint density at radius 2 is 2.05 bits per heavy atom. The molecule has 21 heavy (non-hydrogen) atoms. The van der Waals surface area contributed by atoms with Crippen molar-refractivity contribution >= 4 is 5.97 Å². The maximum absolute atomic E-state index is 11.8. The summed E-state index contributed by atoms with van der Waals surface area (Å²) in [6.45, 7) is 7.72. The summed E-state index contributed by atoms with van der Waals surface area (Å²) in [5.41, 5.74) is -0.469. The Hall–Kier alpha value is -0.650. The Morgan fingerprint density at radius 1 is 1.33 bits per heavy atom. The van der Waals surface area contributed by atoms with E-state index in [4.69, 9.17) is 19.2 Å². The third-order valence-electron chi connectivity index (χ3n) is 3.53. The van der Waals surface area contributed by atoms with Gasteiger partial charge in [0.25, 0.3) is 0 Å². The summed E-state index contributed by atoms with van der Waals surface area (Å²) >= 11 is 0. The first-order chi connectivity index (χ1) is 9.80. The van der Waals surface area contributed by atoms with Crippen molar-refractivity contribution in [2.75, 3.05) is 7.11 Å². The summed E-state index contributed by atoms with van der Waals surface area (Å²) in [4.78, 5) is 22.6. The van der Waals surface area contributed by atoms with E-state index in [0.717, 1.165) is 38.5 Å². The number of carbonyl (C=O) groups excluding carboxylic acids is 1. The summed E-state index contributed by atoms with van der Waals surface area (Å²) < 4.78 is 10.8. The van der Waals surface area contributed by atoms with Crippen molar-refractivity contribution in [3.05, 3.63) is 0 Å². The molecule has 0 N–H and O–H groups in total. The predicted octanol–water partition coefficient (Wildman–Crippen LogP) is 3.75. The molecular weight excluding hydrogens is 272 g/mol. The molecular formula is C16H30O5. The van der Waals surface area contributed by atoms with E-state index in [9.17, 15) is 4.79 Å². The van der Waals surface area contributed by atoms with E-state index in [1.807, 2.05) is 20.8 Å². The molecule has 1 heterocycles. The maximum atomic E-state index is 11.8. The van der Waals surface area contributed by atoms with E-state index in [1.165, 1.54) is 0 Å². The molecule has 0 spiro atoms. The third kappa shape index (κ3) is 6.76. The molecule has 1 saturated heterocycles. The average molecular weight is 302 g/mol. The van der Waals surface area contributed by atoms with Crippen LogP contribution in [-0.4, -0.2) is 30.6 Å². The van der Waals surface area contributed by atoms with Crippen molar-refractivity contribution in [1.29, 1.82) is 0 Å². The Bertz CT molecular complexity index is 313. The summed E-state index contributed by atoms with van der Waals surface area (Å²) in [6.07, 6.45) is 5.60. The molecule has 5 heteroatoms. The molecule has 0 aliphatic carbocycles. The van der Waals surface area contributed by atoms with Crippen molar-refractivity contribution in [3.63, 3.8) is 0 Å². The Labute approximate surface area is 128 Å². The maximum Gasteiger partial charge on any atom is 0.309 e. The fourth-order valence-corrected chi connectivity index (χ4v) is 2.38. The van der Waals surface area contributed by atoms with Gasteiger partial charge in [-0.25, -0.2) is 9.78 Å². The highest BCUT2D eigenvalue weighted by molar-refractivity contribution is 5.70. The second-order valence-corrected chi connectivity index (χ2v) is 6.70. The normalized spacial score (nSPS) is 26.6. The number of rotatable bonds is 7. The lowest BCUT2D eigenvalue weighted by molar-refractivity contribution is -0.466. The topological polar surface area (TPSA) is 54.0 Å². The van der Waals surface area contributed by atoms with E-state index in [-0.39, 0.29) is 18.5 Å². The lowest BCUT2D eigenvalue weighted by atomic mass is 9.98. The first-order valence-corrected chi connectivity index (χ1v) is 7.92. The molecule has 0 bridgehead atoms. The van der Waals surface area contributed by atoms with E-state index in [1.54, 1.807) is 7.11 Å². The number of methoxy groups -OCH3 is 1. The van der Waals surface area contributed by atoms with Gasteiger partial charge in [0.2, 0.25) is 5.79 Å². The Morgan fingerprint density at radius 3 is 2.52 bits per heavy atom. The van der Waals surface area contributed by atoms with Crippen LogP contribution in [0, 0.1) is 0 Å². The lowest BCUT2D eigenvalue weighted by Gasteiger charge is -2.37. The van der Waals surface area contributed by atoms with Crippen LogP contribution in [0.3, 0.4) is 0 Å². The summed E-state index contributed by atoms with van der Waals surface area (Å²) in [5, 5.41) is 0. The molecule has 0 amide bonds. The van der Waals surface area contributed by atoms with Gasteiger partial charge >= 0.3 is 5.97 Å². The first kappa shape index (κ1) is 18.4. The smallest absolute Gasteiger partial charge is 0.309 e. The molecule has 1 fully saturated rings. The van der Waals surface area contributed by atoms with Crippen LogP contribution in [0.5, 0.6) is 0 Å². The molecule has 2 atom stereocenters. The number of hydrogen-bond donors (Lipinski definition) is 0. The van der Waals surface area contributed by atoms with Gasteiger partial charge in [-0.15, -0.1) is 0 Å². The van der Waals surface area contributed by atoms with E-state index in [2.05, 4.69) is 6.92 Å². The Balaban J connectivity index is 2.38. The number of carbonyl (C=O) groups is 1. The molecule has 124 valence electrons. The number of ether oxygens (including phenoxy) is 2. The zero-order valence-electron chi connectivity index (χ0n) is 14.1. The molecule has 0 aromatic heterocycles. The van der Waals surface area contributed by atoms with Gasteiger partial charge in [-0.05, 0) is 33.6 Å². The van der Waals surface area contributed by atoms with Gasteiger partial charge in [-0.1, -0.05) is 19.8 Å². The van der Waals surface area contributed by atoms with E-state index < -0.39 is 11.4 Å². The first-order valence-electron chi connectivity index (χ1n) is 7.92. The molecule has 1 aliphatic heterocycles. The summed E-state index contributed by atoms with van der Waals surface area (Å²) in [7, 11) is 1.64. The number of hydrogen-bond acceptors (Lipinski definition) is 5. The van der Waals surface area contributed by atoms with Gasteiger partial charge in [-0.2, -0.15) is 0 Å². The molecule has 1 aliphatic rings. The fraction of sp³-hybridized carbons (Fsp3) is 0.938. The van der Waals surface area contributed by atoms with Crippen molar-refractivity contribution in [2.24, 2.45) is 0 Å². The second kappa shape index (κ2) is 8.11. The SMILES string of the molecule is CCCCCC1(OC)CCC(CC(=O)OC(C)(C)C)OO1. The van der Waals surface area contributed by atoms with Crippen LogP contribution in [0.1, 0.15) is 72.6 Å².